The molecule has 0 saturated carbocycles. The first-order valence-corrected chi connectivity index (χ1v) is 6.08. The van der Waals surface area contributed by atoms with Crippen LogP contribution in [0.15, 0.2) is 63.4 Å². The molecule has 0 saturated heterocycles. The molecular weight excluding hydrogens is 238 g/mol. The summed E-state index contributed by atoms with van der Waals surface area (Å²) in [6.07, 6.45) is 0. The van der Waals surface area contributed by atoms with Crippen LogP contribution in [0.25, 0.3) is 33.5 Å². The summed E-state index contributed by atoms with van der Waals surface area (Å²) in [5, 5.41) is 1.98. The van der Waals surface area contributed by atoms with E-state index in [1.807, 2.05) is 54.6 Å². The molecule has 0 amide bonds. The van der Waals surface area contributed by atoms with Gasteiger partial charge in [0, 0.05) is 16.5 Å². The van der Waals surface area contributed by atoms with Crippen LogP contribution in [-0.4, -0.2) is 0 Å². The zero-order valence-electron chi connectivity index (χ0n) is 10.1. The Labute approximate surface area is 109 Å². The first kappa shape index (κ1) is 10.3. The molecule has 0 bridgehead atoms. The topological polar surface area (TPSA) is 52.3 Å². The molecule has 0 fully saturated rings. The Bertz CT molecular complexity index is 853. The number of anilines is 1. The highest BCUT2D eigenvalue weighted by Crippen LogP contribution is 2.33. The lowest BCUT2D eigenvalue weighted by molar-refractivity contribution is 0.569. The highest BCUT2D eigenvalue weighted by Gasteiger charge is 2.12. The summed E-state index contributed by atoms with van der Waals surface area (Å²) in [6.45, 7) is 0. The molecule has 0 aliphatic heterocycles. The molecule has 0 aliphatic carbocycles. The SMILES string of the molecule is Nc1cccc2oc(-c3cc4ccccc4o3)cc12. The van der Waals surface area contributed by atoms with E-state index in [9.17, 15) is 0 Å². The van der Waals surface area contributed by atoms with Crippen LogP contribution in [-0.2, 0) is 0 Å². The minimum absolute atomic E-state index is 0.698. The quantitative estimate of drug-likeness (QED) is 0.508. The van der Waals surface area contributed by atoms with E-state index in [2.05, 4.69) is 0 Å². The van der Waals surface area contributed by atoms with Crippen molar-refractivity contribution in [3.8, 4) is 11.5 Å². The van der Waals surface area contributed by atoms with Crippen molar-refractivity contribution < 1.29 is 8.83 Å². The van der Waals surface area contributed by atoms with Crippen molar-refractivity contribution in [3.63, 3.8) is 0 Å². The van der Waals surface area contributed by atoms with Crippen molar-refractivity contribution in [1.29, 1.82) is 0 Å². The van der Waals surface area contributed by atoms with Crippen molar-refractivity contribution in [1.82, 2.24) is 0 Å². The molecule has 3 heteroatoms. The summed E-state index contributed by atoms with van der Waals surface area (Å²) in [6, 6.07) is 17.4. The van der Waals surface area contributed by atoms with Gasteiger partial charge in [0.15, 0.2) is 11.5 Å². The van der Waals surface area contributed by atoms with Gasteiger partial charge in [-0.2, -0.15) is 0 Å². The predicted molar refractivity (Wildman–Crippen MR) is 75.8 cm³/mol. The van der Waals surface area contributed by atoms with Gasteiger partial charge in [-0.3, -0.25) is 0 Å². The summed E-state index contributed by atoms with van der Waals surface area (Å²) in [4.78, 5) is 0. The maximum Gasteiger partial charge on any atom is 0.170 e. The molecule has 3 nitrogen and oxygen atoms in total. The van der Waals surface area contributed by atoms with E-state index >= 15 is 0 Å². The van der Waals surface area contributed by atoms with Crippen molar-refractivity contribution in [3.05, 3.63) is 54.6 Å². The van der Waals surface area contributed by atoms with E-state index in [-0.39, 0.29) is 0 Å². The lowest BCUT2D eigenvalue weighted by Crippen LogP contribution is -1.82. The number of benzene rings is 2. The van der Waals surface area contributed by atoms with E-state index in [0.29, 0.717) is 11.4 Å². The Morgan fingerprint density at radius 2 is 1.47 bits per heavy atom. The van der Waals surface area contributed by atoms with Crippen LogP contribution >= 0.6 is 0 Å². The van der Waals surface area contributed by atoms with Gasteiger partial charge < -0.3 is 14.6 Å². The number of fused-ring (bicyclic) bond motifs is 2. The van der Waals surface area contributed by atoms with E-state index in [1.54, 1.807) is 0 Å². The molecule has 2 aromatic carbocycles. The Morgan fingerprint density at radius 3 is 2.32 bits per heavy atom. The number of furan rings is 2. The number of hydrogen-bond acceptors (Lipinski definition) is 3. The van der Waals surface area contributed by atoms with Crippen LogP contribution in [0.5, 0.6) is 0 Å². The van der Waals surface area contributed by atoms with Gasteiger partial charge in [0.05, 0.1) is 0 Å². The first-order chi connectivity index (χ1) is 9.31. The van der Waals surface area contributed by atoms with Gasteiger partial charge in [0.25, 0.3) is 0 Å². The average Bonchev–Trinajstić information content (AvgIpc) is 3.02. The summed E-state index contributed by atoms with van der Waals surface area (Å²) in [5.74, 6) is 1.42. The molecule has 0 aliphatic rings. The molecule has 0 unspecified atom stereocenters. The second-order valence-electron chi connectivity index (χ2n) is 4.52. The van der Waals surface area contributed by atoms with Gasteiger partial charge in [-0.15, -0.1) is 0 Å². The van der Waals surface area contributed by atoms with Gasteiger partial charge >= 0.3 is 0 Å². The summed E-state index contributed by atoms with van der Waals surface area (Å²) >= 11 is 0. The Kier molecular flexibility index (Phi) is 1.97. The fourth-order valence-corrected chi connectivity index (χ4v) is 2.31. The van der Waals surface area contributed by atoms with Gasteiger partial charge in [-0.25, -0.2) is 0 Å². The zero-order valence-corrected chi connectivity index (χ0v) is 10.1. The number of nitrogens with two attached hydrogens (primary N) is 1. The Balaban J connectivity index is 1.96. The van der Waals surface area contributed by atoms with Crippen LogP contribution < -0.4 is 5.73 Å². The van der Waals surface area contributed by atoms with Gasteiger partial charge in [0.1, 0.15) is 11.2 Å². The highest BCUT2D eigenvalue weighted by atomic mass is 16.4. The number of hydrogen-bond donors (Lipinski definition) is 1. The second-order valence-corrected chi connectivity index (χ2v) is 4.52. The van der Waals surface area contributed by atoms with E-state index in [0.717, 1.165) is 27.7 Å². The second kappa shape index (κ2) is 3.65. The third-order valence-electron chi connectivity index (χ3n) is 3.26. The van der Waals surface area contributed by atoms with Crippen LogP contribution in [0, 0.1) is 0 Å². The van der Waals surface area contributed by atoms with Crippen molar-refractivity contribution in [2.45, 2.75) is 0 Å². The standard InChI is InChI=1S/C16H11NO2/c17-12-5-3-7-14-11(12)9-16(19-14)15-8-10-4-1-2-6-13(10)18-15/h1-9H,17H2. The van der Waals surface area contributed by atoms with E-state index < -0.39 is 0 Å². The Morgan fingerprint density at radius 1 is 0.737 bits per heavy atom. The minimum Gasteiger partial charge on any atom is -0.453 e. The van der Waals surface area contributed by atoms with Crippen molar-refractivity contribution in [2.24, 2.45) is 0 Å². The third-order valence-corrected chi connectivity index (χ3v) is 3.26. The smallest absolute Gasteiger partial charge is 0.170 e. The average molecular weight is 249 g/mol. The number of rotatable bonds is 1. The third kappa shape index (κ3) is 1.52. The lowest BCUT2D eigenvalue weighted by atomic mass is 10.2. The van der Waals surface area contributed by atoms with E-state index in [1.165, 1.54) is 0 Å². The molecular formula is C16H11NO2. The molecule has 92 valence electrons. The monoisotopic (exact) mass is 249 g/mol. The molecule has 0 spiro atoms. The van der Waals surface area contributed by atoms with Crippen LogP contribution in [0.4, 0.5) is 5.69 Å². The van der Waals surface area contributed by atoms with Gasteiger partial charge in [0.2, 0.25) is 0 Å². The maximum atomic E-state index is 5.93. The molecule has 2 heterocycles. The normalized spacial score (nSPS) is 11.4. The lowest BCUT2D eigenvalue weighted by Gasteiger charge is -1.90. The number of nitrogen functional groups attached to an aromatic ring is 1. The molecule has 19 heavy (non-hydrogen) atoms. The molecule has 0 radical (unpaired) electrons. The molecule has 4 rings (SSSR count). The van der Waals surface area contributed by atoms with Crippen molar-refractivity contribution >= 4 is 27.6 Å². The number of para-hydroxylation sites is 1. The summed E-state index contributed by atoms with van der Waals surface area (Å²) < 4.78 is 11.6. The largest absolute Gasteiger partial charge is 0.453 e. The predicted octanol–water partition coefficient (Wildman–Crippen LogP) is 4.43. The van der Waals surface area contributed by atoms with Crippen LogP contribution in [0.1, 0.15) is 0 Å². The highest BCUT2D eigenvalue weighted by molar-refractivity contribution is 5.93. The Hall–Kier alpha value is -2.68. The minimum atomic E-state index is 0.698. The fraction of sp³-hybridized carbons (Fsp3) is 0. The fourth-order valence-electron chi connectivity index (χ4n) is 2.31. The molecule has 0 atom stereocenters. The summed E-state index contributed by atoms with van der Waals surface area (Å²) in [5.41, 5.74) is 8.27. The summed E-state index contributed by atoms with van der Waals surface area (Å²) in [7, 11) is 0. The van der Waals surface area contributed by atoms with Crippen LogP contribution in [0.3, 0.4) is 0 Å². The molecule has 2 N–H and O–H groups in total. The van der Waals surface area contributed by atoms with Crippen molar-refractivity contribution in [2.75, 3.05) is 5.73 Å². The molecule has 2 aromatic heterocycles. The zero-order chi connectivity index (χ0) is 12.8. The first-order valence-electron chi connectivity index (χ1n) is 6.08. The molecule has 4 aromatic rings. The van der Waals surface area contributed by atoms with Gasteiger partial charge in [-0.05, 0) is 30.3 Å². The maximum absolute atomic E-state index is 5.93. The van der Waals surface area contributed by atoms with Crippen LogP contribution in [0.2, 0.25) is 0 Å². The van der Waals surface area contributed by atoms with Gasteiger partial charge in [-0.1, -0.05) is 24.3 Å². The van der Waals surface area contributed by atoms with E-state index in [4.69, 9.17) is 14.6 Å².